The Morgan fingerprint density at radius 2 is 2.23 bits per heavy atom. The van der Waals surface area contributed by atoms with Crippen molar-refractivity contribution in [2.24, 2.45) is 13.0 Å². The Labute approximate surface area is 128 Å². The number of hydrogen-bond donors (Lipinski definition) is 1. The van der Waals surface area contributed by atoms with Crippen LogP contribution in [0.4, 0.5) is 0 Å². The second-order valence-corrected chi connectivity index (χ2v) is 5.45. The molecule has 1 atom stereocenters. The number of methoxy groups -OCH3 is 1. The predicted octanol–water partition coefficient (Wildman–Crippen LogP) is -0.390. The molecule has 0 aliphatic carbocycles. The van der Waals surface area contributed by atoms with Gasteiger partial charge in [0.05, 0.1) is 6.61 Å². The number of pyridine rings is 1. The molecule has 2 heterocycles. The van der Waals surface area contributed by atoms with Crippen LogP contribution in [0, 0.1) is 5.92 Å². The van der Waals surface area contributed by atoms with Gasteiger partial charge in [-0.25, -0.2) is 0 Å². The molecule has 1 aromatic heterocycles. The number of hydrogen-bond acceptors (Lipinski definition) is 4. The first kappa shape index (κ1) is 16.2. The van der Waals surface area contributed by atoms with Gasteiger partial charge in [-0.05, 0) is 12.1 Å². The highest BCUT2D eigenvalue weighted by molar-refractivity contribution is 5.93. The zero-order chi connectivity index (χ0) is 16.1. The van der Waals surface area contributed by atoms with Crippen LogP contribution in [0.25, 0.3) is 0 Å². The summed E-state index contributed by atoms with van der Waals surface area (Å²) in [6.45, 7) is 2.06. The fraction of sp³-hybridized carbons (Fsp3) is 0.533. The van der Waals surface area contributed by atoms with Crippen molar-refractivity contribution in [2.45, 2.75) is 6.42 Å². The molecule has 0 spiro atoms. The highest BCUT2D eigenvalue weighted by Gasteiger charge is 2.29. The zero-order valence-electron chi connectivity index (χ0n) is 12.9. The van der Waals surface area contributed by atoms with E-state index in [1.54, 1.807) is 31.3 Å². The van der Waals surface area contributed by atoms with Gasteiger partial charge in [-0.2, -0.15) is 0 Å². The van der Waals surface area contributed by atoms with Gasteiger partial charge in [0.1, 0.15) is 5.56 Å². The lowest BCUT2D eigenvalue weighted by Crippen LogP contribution is -2.35. The molecule has 2 amide bonds. The van der Waals surface area contributed by atoms with Crippen LogP contribution in [0.1, 0.15) is 16.8 Å². The predicted molar refractivity (Wildman–Crippen MR) is 80.6 cm³/mol. The maximum absolute atomic E-state index is 12.1. The number of aromatic nitrogens is 1. The topological polar surface area (TPSA) is 80.6 Å². The quantitative estimate of drug-likeness (QED) is 0.776. The number of ether oxygens (including phenoxy) is 1. The molecule has 1 saturated heterocycles. The van der Waals surface area contributed by atoms with Crippen LogP contribution in [-0.2, 0) is 16.6 Å². The van der Waals surface area contributed by atoms with E-state index in [0.29, 0.717) is 32.7 Å². The van der Waals surface area contributed by atoms with Crippen molar-refractivity contribution < 1.29 is 14.3 Å². The van der Waals surface area contributed by atoms with Gasteiger partial charge >= 0.3 is 0 Å². The standard InChI is InChI=1S/C15H21N3O4/c1-17-5-3-4-12(15(17)21)14(20)16-9-11-8-13(19)18(10-11)6-7-22-2/h3-5,11H,6-10H2,1-2H3,(H,16,20)/t11-/m1/s1. The Balaban J connectivity index is 1.88. The van der Waals surface area contributed by atoms with Crippen molar-refractivity contribution >= 4 is 11.8 Å². The van der Waals surface area contributed by atoms with Crippen LogP contribution < -0.4 is 10.9 Å². The minimum Gasteiger partial charge on any atom is -0.383 e. The molecule has 0 radical (unpaired) electrons. The van der Waals surface area contributed by atoms with E-state index in [4.69, 9.17) is 4.74 Å². The van der Waals surface area contributed by atoms with Crippen molar-refractivity contribution in [3.8, 4) is 0 Å². The third-order valence-electron chi connectivity index (χ3n) is 3.78. The highest BCUT2D eigenvalue weighted by Crippen LogP contribution is 2.16. The van der Waals surface area contributed by atoms with Crippen molar-refractivity contribution in [3.63, 3.8) is 0 Å². The zero-order valence-corrected chi connectivity index (χ0v) is 12.9. The third kappa shape index (κ3) is 3.73. The van der Waals surface area contributed by atoms with Gasteiger partial charge in [-0.3, -0.25) is 14.4 Å². The second-order valence-electron chi connectivity index (χ2n) is 5.45. The molecule has 1 aromatic rings. The smallest absolute Gasteiger partial charge is 0.263 e. The molecule has 0 unspecified atom stereocenters. The fourth-order valence-electron chi connectivity index (χ4n) is 2.51. The van der Waals surface area contributed by atoms with E-state index < -0.39 is 5.91 Å². The van der Waals surface area contributed by atoms with Gasteiger partial charge in [0.25, 0.3) is 11.5 Å². The molecule has 120 valence electrons. The van der Waals surface area contributed by atoms with E-state index in [1.807, 2.05) is 0 Å². The molecule has 2 rings (SSSR count). The molecule has 0 aromatic carbocycles. The van der Waals surface area contributed by atoms with Crippen molar-refractivity contribution in [1.82, 2.24) is 14.8 Å². The first-order valence-electron chi connectivity index (χ1n) is 7.23. The monoisotopic (exact) mass is 307 g/mol. The Kier molecular flexibility index (Phi) is 5.32. The minimum absolute atomic E-state index is 0.0703. The lowest BCUT2D eigenvalue weighted by Gasteiger charge is -2.16. The number of nitrogens with zero attached hydrogens (tertiary/aromatic N) is 2. The SMILES string of the molecule is COCCN1C[C@@H](CNC(=O)c2cccn(C)c2=O)CC1=O. The number of amides is 2. The fourth-order valence-corrected chi connectivity index (χ4v) is 2.51. The van der Waals surface area contributed by atoms with Crippen LogP contribution in [0.3, 0.4) is 0 Å². The van der Waals surface area contributed by atoms with Gasteiger partial charge in [-0.15, -0.1) is 0 Å². The van der Waals surface area contributed by atoms with Crippen molar-refractivity contribution in [2.75, 3.05) is 33.4 Å². The summed E-state index contributed by atoms with van der Waals surface area (Å²) in [5, 5.41) is 2.74. The van der Waals surface area contributed by atoms with Crippen LogP contribution in [0.5, 0.6) is 0 Å². The third-order valence-corrected chi connectivity index (χ3v) is 3.78. The Morgan fingerprint density at radius 1 is 1.45 bits per heavy atom. The number of carbonyl (C=O) groups is 2. The van der Waals surface area contributed by atoms with E-state index in [-0.39, 0.29) is 22.9 Å². The highest BCUT2D eigenvalue weighted by atomic mass is 16.5. The summed E-state index contributed by atoms with van der Waals surface area (Å²) >= 11 is 0. The molecule has 1 aliphatic heterocycles. The molecular formula is C15H21N3O4. The normalized spacial score (nSPS) is 17.8. The average molecular weight is 307 g/mol. The van der Waals surface area contributed by atoms with Crippen LogP contribution in [0.15, 0.2) is 23.1 Å². The first-order chi connectivity index (χ1) is 10.5. The molecule has 1 N–H and O–H groups in total. The maximum atomic E-state index is 12.1. The van der Waals surface area contributed by atoms with E-state index in [9.17, 15) is 14.4 Å². The Hall–Kier alpha value is -2.15. The van der Waals surface area contributed by atoms with E-state index in [0.717, 1.165) is 0 Å². The number of carbonyl (C=O) groups excluding carboxylic acids is 2. The van der Waals surface area contributed by atoms with Gasteiger partial charge in [0.15, 0.2) is 0 Å². The molecule has 0 saturated carbocycles. The first-order valence-corrected chi connectivity index (χ1v) is 7.23. The molecular weight excluding hydrogens is 286 g/mol. The summed E-state index contributed by atoms with van der Waals surface area (Å²) in [6, 6.07) is 3.16. The molecule has 7 heteroatoms. The maximum Gasteiger partial charge on any atom is 0.263 e. The van der Waals surface area contributed by atoms with Crippen LogP contribution in [-0.4, -0.2) is 54.6 Å². The van der Waals surface area contributed by atoms with E-state index in [1.165, 1.54) is 10.6 Å². The largest absolute Gasteiger partial charge is 0.383 e. The summed E-state index contributed by atoms with van der Waals surface area (Å²) in [7, 11) is 3.20. The Bertz CT molecular complexity index is 611. The summed E-state index contributed by atoms with van der Waals surface area (Å²) < 4.78 is 6.33. The van der Waals surface area contributed by atoms with Gasteiger partial charge in [-0.1, -0.05) is 0 Å². The molecule has 1 aliphatic rings. The lowest BCUT2D eigenvalue weighted by atomic mass is 10.1. The van der Waals surface area contributed by atoms with Crippen LogP contribution in [0.2, 0.25) is 0 Å². The van der Waals surface area contributed by atoms with Gasteiger partial charge in [0.2, 0.25) is 5.91 Å². The molecule has 22 heavy (non-hydrogen) atoms. The number of rotatable bonds is 6. The number of aryl methyl sites for hydroxylation is 1. The van der Waals surface area contributed by atoms with Crippen molar-refractivity contribution in [1.29, 1.82) is 0 Å². The lowest BCUT2D eigenvalue weighted by molar-refractivity contribution is -0.128. The second kappa shape index (κ2) is 7.22. The van der Waals surface area contributed by atoms with Gasteiger partial charge < -0.3 is 19.5 Å². The average Bonchev–Trinajstić information content (AvgIpc) is 2.85. The molecule has 1 fully saturated rings. The van der Waals surface area contributed by atoms with Gasteiger partial charge in [0, 0.05) is 52.3 Å². The summed E-state index contributed by atoms with van der Waals surface area (Å²) in [5.41, 5.74) is -0.213. The Morgan fingerprint density at radius 3 is 2.95 bits per heavy atom. The summed E-state index contributed by atoms with van der Waals surface area (Å²) in [5.74, 6) is -0.253. The van der Waals surface area contributed by atoms with Crippen molar-refractivity contribution in [3.05, 3.63) is 34.2 Å². The summed E-state index contributed by atoms with van der Waals surface area (Å²) in [4.78, 5) is 37.5. The summed E-state index contributed by atoms with van der Waals surface area (Å²) in [6.07, 6.45) is 2.01. The molecule has 7 nitrogen and oxygen atoms in total. The van der Waals surface area contributed by atoms with E-state index in [2.05, 4.69) is 5.32 Å². The number of nitrogens with one attached hydrogen (secondary N) is 1. The number of likely N-dealkylation sites (tertiary alicyclic amines) is 1. The minimum atomic E-state index is -0.399. The van der Waals surface area contributed by atoms with Crippen LogP contribution >= 0.6 is 0 Å². The molecule has 0 bridgehead atoms. The van der Waals surface area contributed by atoms with E-state index >= 15 is 0 Å².